The highest BCUT2D eigenvalue weighted by molar-refractivity contribution is 5.29. The number of hydrogen-bond donors (Lipinski definition) is 1. The van der Waals surface area contributed by atoms with Crippen molar-refractivity contribution in [1.29, 1.82) is 0 Å². The molecule has 2 heterocycles. The van der Waals surface area contributed by atoms with Crippen molar-refractivity contribution >= 4 is 0 Å². The first-order valence-electron chi connectivity index (χ1n) is 7.80. The lowest BCUT2D eigenvalue weighted by atomic mass is 10.00. The van der Waals surface area contributed by atoms with E-state index in [9.17, 15) is 0 Å². The lowest BCUT2D eigenvalue weighted by molar-refractivity contribution is 0.242. The number of aromatic nitrogens is 1. The zero-order valence-corrected chi connectivity index (χ0v) is 12.7. The second-order valence-electron chi connectivity index (χ2n) is 5.63. The minimum Gasteiger partial charge on any atom is -0.311 e. The Bertz CT molecular complexity index is 595. The van der Waals surface area contributed by atoms with Gasteiger partial charge in [0.1, 0.15) is 0 Å². The standard InChI is InChI=1S/C18H23N3/c1-2-19-12-17-8-5-9-18(20-17)14-21-11-10-15-6-3-4-7-16(15)13-21/h3-9,19H,2,10-14H2,1H3. The van der Waals surface area contributed by atoms with E-state index in [1.54, 1.807) is 0 Å². The summed E-state index contributed by atoms with van der Waals surface area (Å²) in [6.45, 7) is 7.05. The third kappa shape index (κ3) is 3.69. The van der Waals surface area contributed by atoms with Gasteiger partial charge in [-0.2, -0.15) is 0 Å². The lowest BCUT2D eigenvalue weighted by Gasteiger charge is -2.28. The molecule has 0 radical (unpaired) electrons. The fourth-order valence-corrected chi connectivity index (χ4v) is 2.89. The Morgan fingerprint density at radius 1 is 1.05 bits per heavy atom. The van der Waals surface area contributed by atoms with Crippen LogP contribution in [-0.4, -0.2) is 23.0 Å². The van der Waals surface area contributed by atoms with E-state index in [2.05, 4.69) is 59.6 Å². The van der Waals surface area contributed by atoms with E-state index in [0.29, 0.717) is 0 Å². The molecule has 0 unspecified atom stereocenters. The predicted octanol–water partition coefficient (Wildman–Crippen LogP) is 2.75. The Morgan fingerprint density at radius 3 is 2.71 bits per heavy atom. The minimum absolute atomic E-state index is 0.854. The molecule has 0 bridgehead atoms. The zero-order chi connectivity index (χ0) is 14.5. The van der Waals surface area contributed by atoms with Gasteiger partial charge >= 0.3 is 0 Å². The molecule has 21 heavy (non-hydrogen) atoms. The van der Waals surface area contributed by atoms with Crippen LogP contribution in [0.25, 0.3) is 0 Å². The van der Waals surface area contributed by atoms with Crippen LogP contribution >= 0.6 is 0 Å². The average Bonchev–Trinajstić information content (AvgIpc) is 2.53. The molecule has 0 spiro atoms. The van der Waals surface area contributed by atoms with Gasteiger partial charge in [0.2, 0.25) is 0 Å². The van der Waals surface area contributed by atoms with Gasteiger partial charge in [-0.05, 0) is 36.2 Å². The zero-order valence-electron chi connectivity index (χ0n) is 12.7. The molecule has 0 saturated heterocycles. The van der Waals surface area contributed by atoms with Crippen LogP contribution in [0.2, 0.25) is 0 Å². The first kappa shape index (κ1) is 14.2. The highest BCUT2D eigenvalue weighted by Gasteiger charge is 2.16. The van der Waals surface area contributed by atoms with Crippen LogP contribution in [0.4, 0.5) is 0 Å². The summed E-state index contributed by atoms with van der Waals surface area (Å²) in [5.41, 5.74) is 5.27. The van der Waals surface area contributed by atoms with Crippen LogP contribution in [0.15, 0.2) is 42.5 Å². The Hall–Kier alpha value is -1.71. The number of pyridine rings is 1. The Kier molecular flexibility index (Phi) is 4.63. The molecule has 110 valence electrons. The second-order valence-corrected chi connectivity index (χ2v) is 5.63. The molecule has 0 saturated carbocycles. The van der Waals surface area contributed by atoms with Gasteiger partial charge in [-0.1, -0.05) is 37.3 Å². The molecule has 0 amide bonds. The molecule has 1 aromatic carbocycles. The van der Waals surface area contributed by atoms with Crippen LogP contribution in [0, 0.1) is 0 Å². The van der Waals surface area contributed by atoms with Gasteiger partial charge in [0.25, 0.3) is 0 Å². The molecule has 2 aromatic rings. The lowest BCUT2D eigenvalue weighted by Crippen LogP contribution is -2.30. The van der Waals surface area contributed by atoms with E-state index in [4.69, 9.17) is 4.98 Å². The fraction of sp³-hybridized carbons (Fsp3) is 0.389. The van der Waals surface area contributed by atoms with Crippen LogP contribution in [0.5, 0.6) is 0 Å². The summed E-state index contributed by atoms with van der Waals surface area (Å²) < 4.78 is 0. The molecular formula is C18H23N3. The summed E-state index contributed by atoms with van der Waals surface area (Å²) in [4.78, 5) is 7.24. The van der Waals surface area contributed by atoms with Crippen molar-refractivity contribution in [2.45, 2.75) is 33.0 Å². The van der Waals surface area contributed by atoms with Gasteiger partial charge in [0.05, 0.1) is 11.4 Å². The van der Waals surface area contributed by atoms with E-state index >= 15 is 0 Å². The van der Waals surface area contributed by atoms with Crippen LogP contribution in [0.1, 0.15) is 29.4 Å². The van der Waals surface area contributed by atoms with Crippen molar-refractivity contribution in [1.82, 2.24) is 15.2 Å². The van der Waals surface area contributed by atoms with E-state index in [1.165, 1.54) is 16.8 Å². The summed E-state index contributed by atoms with van der Waals surface area (Å²) in [5, 5.41) is 3.33. The van der Waals surface area contributed by atoms with E-state index in [-0.39, 0.29) is 0 Å². The number of benzene rings is 1. The highest BCUT2D eigenvalue weighted by atomic mass is 15.1. The van der Waals surface area contributed by atoms with Crippen molar-refractivity contribution in [2.24, 2.45) is 0 Å². The Morgan fingerprint density at radius 2 is 1.86 bits per heavy atom. The molecule has 3 nitrogen and oxygen atoms in total. The summed E-state index contributed by atoms with van der Waals surface area (Å²) in [6.07, 6.45) is 1.15. The quantitative estimate of drug-likeness (QED) is 0.913. The Balaban J connectivity index is 1.65. The van der Waals surface area contributed by atoms with Crippen molar-refractivity contribution in [3.63, 3.8) is 0 Å². The molecule has 0 aliphatic carbocycles. The molecule has 1 aliphatic heterocycles. The van der Waals surface area contributed by atoms with Gasteiger partial charge in [-0.15, -0.1) is 0 Å². The third-order valence-electron chi connectivity index (χ3n) is 4.02. The number of rotatable bonds is 5. The molecule has 3 heteroatoms. The number of nitrogens with zero attached hydrogens (tertiary/aromatic N) is 2. The minimum atomic E-state index is 0.854. The molecular weight excluding hydrogens is 258 g/mol. The molecule has 1 aliphatic rings. The predicted molar refractivity (Wildman–Crippen MR) is 85.9 cm³/mol. The van der Waals surface area contributed by atoms with Gasteiger partial charge in [0.15, 0.2) is 0 Å². The maximum absolute atomic E-state index is 4.76. The smallest absolute Gasteiger partial charge is 0.0548 e. The number of hydrogen-bond acceptors (Lipinski definition) is 3. The average molecular weight is 281 g/mol. The van der Waals surface area contributed by atoms with Gasteiger partial charge in [-0.25, -0.2) is 0 Å². The molecule has 1 aromatic heterocycles. The van der Waals surface area contributed by atoms with Crippen molar-refractivity contribution in [3.05, 3.63) is 65.0 Å². The molecule has 3 rings (SSSR count). The molecule has 1 N–H and O–H groups in total. The number of fused-ring (bicyclic) bond motifs is 1. The highest BCUT2D eigenvalue weighted by Crippen LogP contribution is 2.19. The van der Waals surface area contributed by atoms with Crippen LogP contribution in [0.3, 0.4) is 0 Å². The maximum atomic E-state index is 4.76. The first-order chi connectivity index (χ1) is 10.3. The van der Waals surface area contributed by atoms with Gasteiger partial charge < -0.3 is 5.32 Å². The van der Waals surface area contributed by atoms with Crippen molar-refractivity contribution < 1.29 is 0 Å². The third-order valence-corrected chi connectivity index (χ3v) is 4.02. The Labute approximate surface area is 127 Å². The second kappa shape index (κ2) is 6.83. The summed E-state index contributed by atoms with van der Waals surface area (Å²) in [6, 6.07) is 15.1. The van der Waals surface area contributed by atoms with Gasteiger partial charge in [-0.3, -0.25) is 9.88 Å². The van der Waals surface area contributed by atoms with E-state index in [1.807, 2.05) is 0 Å². The largest absolute Gasteiger partial charge is 0.311 e. The van der Waals surface area contributed by atoms with E-state index in [0.717, 1.165) is 44.8 Å². The topological polar surface area (TPSA) is 28.2 Å². The van der Waals surface area contributed by atoms with Crippen LogP contribution < -0.4 is 5.32 Å². The normalized spacial score (nSPS) is 14.9. The van der Waals surface area contributed by atoms with Gasteiger partial charge in [0, 0.05) is 26.2 Å². The maximum Gasteiger partial charge on any atom is 0.0548 e. The number of nitrogens with one attached hydrogen (secondary N) is 1. The SMILES string of the molecule is CCNCc1cccc(CN2CCc3ccccc3C2)n1. The fourth-order valence-electron chi connectivity index (χ4n) is 2.89. The summed E-state index contributed by atoms with van der Waals surface area (Å²) in [7, 11) is 0. The molecule has 0 atom stereocenters. The molecule has 0 fully saturated rings. The van der Waals surface area contributed by atoms with E-state index < -0.39 is 0 Å². The first-order valence-corrected chi connectivity index (χ1v) is 7.80. The van der Waals surface area contributed by atoms with Crippen molar-refractivity contribution in [2.75, 3.05) is 13.1 Å². The summed E-state index contributed by atoms with van der Waals surface area (Å²) in [5.74, 6) is 0. The summed E-state index contributed by atoms with van der Waals surface area (Å²) >= 11 is 0. The van der Waals surface area contributed by atoms with Crippen molar-refractivity contribution in [3.8, 4) is 0 Å². The van der Waals surface area contributed by atoms with Crippen LogP contribution in [-0.2, 0) is 26.1 Å². The monoisotopic (exact) mass is 281 g/mol.